The molecular weight excluding hydrogens is 224 g/mol. The van der Waals surface area contributed by atoms with Crippen molar-refractivity contribution in [3.8, 4) is 0 Å². The van der Waals surface area contributed by atoms with Gasteiger partial charge >= 0.3 is 0 Å². The quantitative estimate of drug-likeness (QED) is 0.890. The normalized spacial score (nSPS) is 23.9. The number of hydrogen-bond donors (Lipinski definition) is 1. The van der Waals surface area contributed by atoms with Crippen molar-refractivity contribution >= 4 is 5.69 Å². The molecule has 1 heterocycles. The molecule has 0 bridgehead atoms. The van der Waals surface area contributed by atoms with Gasteiger partial charge in [-0.25, -0.2) is 0 Å². The Morgan fingerprint density at radius 3 is 2.67 bits per heavy atom. The molecule has 100 valence electrons. The Morgan fingerprint density at radius 1 is 1.33 bits per heavy atom. The van der Waals surface area contributed by atoms with Crippen LogP contribution in [0.3, 0.4) is 0 Å². The average Bonchev–Trinajstić information content (AvgIpc) is 2.46. The second kappa shape index (κ2) is 6.19. The van der Waals surface area contributed by atoms with Gasteiger partial charge in [0.2, 0.25) is 0 Å². The van der Waals surface area contributed by atoms with E-state index in [0.29, 0.717) is 6.04 Å². The molecule has 1 aromatic heterocycles. The predicted molar refractivity (Wildman–Crippen MR) is 74.6 cm³/mol. The van der Waals surface area contributed by atoms with Gasteiger partial charge in [-0.05, 0) is 43.7 Å². The molecule has 1 aromatic rings. The number of rotatable bonds is 4. The minimum absolute atomic E-state index is 0.0181. The van der Waals surface area contributed by atoms with Gasteiger partial charge in [0.1, 0.15) is 0 Å². The van der Waals surface area contributed by atoms with Crippen molar-refractivity contribution in [1.82, 2.24) is 4.98 Å². The molecule has 0 atom stereocenters. The van der Waals surface area contributed by atoms with Gasteiger partial charge in [-0.1, -0.05) is 13.3 Å². The molecule has 1 saturated carbocycles. The average molecular weight is 248 g/mol. The highest BCUT2D eigenvalue weighted by Crippen LogP contribution is 2.31. The molecule has 0 saturated heterocycles. The molecule has 2 rings (SSSR count). The molecule has 1 fully saturated rings. The summed E-state index contributed by atoms with van der Waals surface area (Å²) in [6.45, 7) is 2.31. The van der Waals surface area contributed by atoms with Crippen LogP contribution in [0.25, 0.3) is 0 Å². The fourth-order valence-corrected chi connectivity index (χ4v) is 2.92. The summed E-state index contributed by atoms with van der Waals surface area (Å²) >= 11 is 0. The van der Waals surface area contributed by atoms with Crippen LogP contribution in [-0.2, 0) is 6.61 Å². The number of aliphatic hydroxyl groups excluding tert-OH is 1. The van der Waals surface area contributed by atoms with E-state index in [2.05, 4.69) is 23.9 Å². The third-order valence-electron chi connectivity index (χ3n) is 4.31. The molecule has 1 aliphatic carbocycles. The summed E-state index contributed by atoms with van der Waals surface area (Å²) in [6.07, 6.45) is 8.37. The van der Waals surface area contributed by atoms with E-state index in [0.717, 1.165) is 11.6 Å². The van der Waals surface area contributed by atoms with Gasteiger partial charge in [-0.2, -0.15) is 0 Å². The molecular formula is C15H24N2O. The van der Waals surface area contributed by atoms with E-state index >= 15 is 0 Å². The van der Waals surface area contributed by atoms with E-state index in [4.69, 9.17) is 5.11 Å². The first-order valence-corrected chi connectivity index (χ1v) is 7.03. The van der Waals surface area contributed by atoms with E-state index in [1.165, 1.54) is 37.8 Å². The highest BCUT2D eigenvalue weighted by molar-refractivity contribution is 5.46. The van der Waals surface area contributed by atoms with Crippen LogP contribution in [0.4, 0.5) is 5.69 Å². The van der Waals surface area contributed by atoms with Crippen LogP contribution in [-0.4, -0.2) is 23.2 Å². The fourth-order valence-electron chi connectivity index (χ4n) is 2.92. The van der Waals surface area contributed by atoms with Crippen molar-refractivity contribution in [2.24, 2.45) is 5.92 Å². The Balaban J connectivity index is 2.00. The third kappa shape index (κ3) is 3.02. The Morgan fingerprint density at radius 2 is 2.06 bits per heavy atom. The van der Waals surface area contributed by atoms with Gasteiger partial charge in [0.05, 0.1) is 12.3 Å². The first-order valence-electron chi connectivity index (χ1n) is 7.03. The Kier molecular flexibility index (Phi) is 4.59. The van der Waals surface area contributed by atoms with Gasteiger partial charge in [-0.15, -0.1) is 0 Å². The van der Waals surface area contributed by atoms with E-state index in [9.17, 15) is 0 Å². The lowest BCUT2D eigenvalue weighted by atomic mass is 9.84. The van der Waals surface area contributed by atoms with Gasteiger partial charge < -0.3 is 10.0 Å². The second-order valence-electron chi connectivity index (χ2n) is 5.36. The molecule has 0 radical (unpaired) electrons. The van der Waals surface area contributed by atoms with Crippen LogP contribution in [0.15, 0.2) is 18.3 Å². The topological polar surface area (TPSA) is 36.4 Å². The molecule has 0 unspecified atom stereocenters. The number of nitrogens with zero attached hydrogens (tertiary/aromatic N) is 2. The molecule has 1 aliphatic rings. The summed E-state index contributed by atoms with van der Waals surface area (Å²) in [5.74, 6) is 0.931. The summed E-state index contributed by atoms with van der Waals surface area (Å²) in [4.78, 5) is 6.49. The first kappa shape index (κ1) is 13.3. The summed E-state index contributed by atoms with van der Waals surface area (Å²) in [6, 6.07) is 4.67. The van der Waals surface area contributed by atoms with Crippen LogP contribution in [0, 0.1) is 5.92 Å². The highest BCUT2D eigenvalue weighted by atomic mass is 16.3. The molecule has 0 aromatic carbocycles. The Bertz CT molecular complexity index is 373. The standard InChI is InChI=1S/C15H24N2O/c1-3-12-4-6-14(7-5-12)17(2)15-8-9-16-13(10-15)11-18/h8-10,12,14,18H,3-7,11H2,1-2H3. The number of aromatic nitrogens is 1. The summed E-state index contributed by atoms with van der Waals surface area (Å²) in [5, 5.41) is 9.14. The molecule has 3 nitrogen and oxygen atoms in total. The third-order valence-corrected chi connectivity index (χ3v) is 4.31. The van der Waals surface area contributed by atoms with Crippen LogP contribution in [0.1, 0.15) is 44.7 Å². The van der Waals surface area contributed by atoms with E-state index < -0.39 is 0 Å². The zero-order valence-electron chi connectivity index (χ0n) is 11.5. The lowest BCUT2D eigenvalue weighted by Gasteiger charge is -2.35. The van der Waals surface area contributed by atoms with Crippen molar-refractivity contribution in [2.75, 3.05) is 11.9 Å². The maximum Gasteiger partial charge on any atom is 0.0853 e. The van der Waals surface area contributed by atoms with Gasteiger partial charge in [0.15, 0.2) is 0 Å². The van der Waals surface area contributed by atoms with Gasteiger partial charge in [0, 0.05) is 25.0 Å². The minimum atomic E-state index is 0.0181. The number of hydrogen-bond acceptors (Lipinski definition) is 3. The zero-order chi connectivity index (χ0) is 13.0. The van der Waals surface area contributed by atoms with Crippen molar-refractivity contribution in [1.29, 1.82) is 0 Å². The number of aliphatic hydroxyl groups is 1. The molecule has 0 spiro atoms. The molecule has 0 aliphatic heterocycles. The second-order valence-corrected chi connectivity index (χ2v) is 5.36. The minimum Gasteiger partial charge on any atom is -0.390 e. The molecule has 18 heavy (non-hydrogen) atoms. The van der Waals surface area contributed by atoms with E-state index in [-0.39, 0.29) is 6.61 Å². The maximum absolute atomic E-state index is 9.14. The monoisotopic (exact) mass is 248 g/mol. The Hall–Kier alpha value is -1.09. The van der Waals surface area contributed by atoms with Crippen molar-refractivity contribution in [2.45, 2.75) is 51.7 Å². The largest absolute Gasteiger partial charge is 0.390 e. The molecule has 1 N–H and O–H groups in total. The van der Waals surface area contributed by atoms with Crippen LogP contribution < -0.4 is 4.90 Å². The van der Waals surface area contributed by atoms with Crippen molar-refractivity contribution < 1.29 is 5.11 Å². The summed E-state index contributed by atoms with van der Waals surface area (Å²) < 4.78 is 0. The Labute approximate surface area is 110 Å². The number of pyridine rings is 1. The van der Waals surface area contributed by atoms with Gasteiger partial charge in [-0.3, -0.25) is 4.98 Å². The highest BCUT2D eigenvalue weighted by Gasteiger charge is 2.23. The van der Waals surface area contributed by atoms with Crippen LogP contribution in [0.2, 0.25) is 0 Å². The smallest absolute Gasteiger partial charge is 0.0853 e. The van der Waals surface area contributed by atoms with Crippen LogP contribution in [0.5, 0.6) is 0 Å². The lowest BCUT2D eigenvalue weighted by Crippen LogP contribution is -2.35. The van der Waals surface area contributed by atoms with Crippen LogP contribution >= 0.6 is 0 Å². The van der Waals surface area contributed by atoms with Crippen molar-refractivity contribution in [3.63, 3.8) is 0 Å². The zero-order valence-corrected chi connectivity index (χ0v) is 11.5. The van der Waals surface area contributed by atoms with Crippen molar-refractivity contribution in [3.05, 3.63) is 24.0 Å². The van der Waals surface area contributed by atoms with E-state index in [1.54, 1.807) is 6.20 Å². The lowest BCUT2D eigenvalue weighted by molar-refractivity contribution is 0.276. The summed E-state index contributed by atoms with van der Waals surface area (Å²) in [7, 11) is 2.16. The molecule has 0 amide bonds. The number of anilines is 1. The fraction of sp³-hybridized carbons (Fsp3) is 0.667. The molecule has 3 heteroatoms. The first-order chi connectivity index (χ1) is 8.74. The SMILES string of the molecule is CCC1CCC(N(C)c2ccnc(CO)c2)CC1. The predicted octanol–water partition coefficient (Wildman–Crippen LogP) is 2.98. The summed E-state index contributed by atoms with van der Waals surface area (Å²) in [5.41, 5.74) is 1.93. The maximum atomic E-state index is 9.14. The van der Waals surface area contributed by atoms with Gasteiger partial charge in [0.25, 0.3) is 0 Å². The van der Waals surface area contributed by atoms with E-state index in [1.807, 2.05) is 12.1 Å².